The molecule has 1 saturated heterocycles. The summed E-state index contributed by atoms with van der Waals surface area (Å²) in [6, 6.07) is 12.1. The predicted octanol–water partition coefficient (Wildman–Crippen LogP) is 2.03. The normalized spacial score (nSPS) is 21.6. The van der Waals surface area contributed by atoms with Crippen LogP contribution in [0.2, 0.25) is 0 Å². The van der Waals surface area contributed by atoms with Gasteiger partial charge in [-0.2, -0.15) is 0 Å². The molecule has 168 valence electrons. The van der Waals surface area contributed by atoms with Gasteiger partial charge in [0.2, 0.25) is 15.9 Å². The summed E-state index contributed by atoms with van der Waals surface area (Å²) in [6.07, 6.45) is -0.314. The number of rotatable bonds is 8. The minimum atomic E-state index is -3.76. The van der Waals surface area contributed by atoms with Gasteiger partial charge in [-0.15, -0.1) is 0 Å². The molecule has 0 bridgehead atoms. The van der Waals surface area contributed by atoms with Gasteiger partial charge in [0, 0.05) is 12.1 Å². The molecule has 0 spiro atoms. The van der Waals surface area contributed by atoms with E-state index in [-0.39, 0.29) is 36.2 Å². The lowest BCUT2D eigenvalue weighted by Crippen LogP contribution is -2.51. The van der Waals surface area contributed by atoms with Crippen molar-refractivity contribution in [3.8, 4) is 0 Å². The zero-order chi connectivity index (χ0) is 22.4. The molecule has 31 heavy (non-hydrogen) atoms. The molecular weight excluding hydrogens is 423 g/mol. The zero-order valence-electron chi connectivity index (χ0n) is 17.3. The van der Waals surface area contributed by atoms with E-state index in [4.69, 9.17) is 4.74 Å². The molecule has 7 nitrogen and oxygen atoms in total. The highest BCUT2D eigenvalue weighted by atomic mass is 32.2. The Balaban J connectivity index is 1.53. The van der Waals surface area contributed by atoms with Crippen molar-refractivity contribution >= 4 is 15.9 Å². The van der Waals surface area contributed by atoms with Crippen molar-refractivity contribution in [2.24, 2.45) is 0 Å². The molecule has 9 heteroatoms. The molecule has 3 rings (SSSR count). The summed E-state index contributed by atoms with van der Waals surface area (Å²) in [5.41, 5.74) is 1.34. The van der Waals surface area contributed by atoms with Crippen molar-refractivity contribution in [3.63, 3.8) is 0 Å². The van der Waals surface area contributed by atoms with Crippen molar-refractivity contribution in [3.05, 3.63) is 65.5 Å². The molecule has 1 heterocycles. The molecule has 0 unspecified atom stereocenters. The van der Waals surface area contributed by atoms with Crippen LogP contribution in [0.1, 0.15) is 30.4 Å². The first-order chi connectivity index (χ1) is 14.8. The molecule has 2 aromatic carbocycles. The smallest absolute Gasteiger partial charge is 0.240 e. The first kappa shape index (κ1) is 23.3. The second kappa shape index (κ2) is 10.3. The Morgan fingerprint density at radius 2 is 1.87 bits per heavy atom. The Bertz CT molecular complexity index is 997. The number of aliphatic hydroxyl groups is 1. The van der Waals surface area contributed by atoms with Gasteiger partial charge in [-0.1, -0.05) is 35.9 Å². The van der Waals surface area contributed by atoms with Crippen LogP contribution < -0.4 is 10.0 Å². The van der Waals surface area contributed by atoms with Crippen molar-refractivity contribution in [2.45, 2.75) is 55.9 Å². The van der Waals surface area contributed by atoms with E-state index in [1.54, 1.807) is 30.3 Å². The number of ether oxygens (including phenoxy) is 1. The van der Waals surface area contributed by atoms with Crippen molar-refractivity contribution < 1.29 is 27.4 Å². The number of carbonyl (C=O) groups is 1. The highest BCUT2D eigenvalue weighted by molar-refractivity contribution is 7.89. The Morgan fingerprint density at radius 3 is 2.55 bits per heavy atom. The Kier molecular flexibility index (Phi) is 7.77. The van der Waals surface area contributed by atoms with Crippen LogP contribution in [0.3, 0.4) is 0 Å². The maximum Gasteiger partial charge on any atom is 0.240 e. The van der Waals surface area contributed by atoms with Crippen molar-refractivity contribution in [1.82, 2.24) is 10.0 Å². The lowest BCUT2D eigenvalue weighted by atomic mass is 9.98. The van der Waals surface area contributed by atoms with E-state index >= 15 is 0 Å². The third-order valence-corrected chi connectivity index (χ3v) is 6.79. The topological polar surface area (TPSA) is 105 Å². The van der Waals surface area contributed by atoms with Gasteiger partial charge in [0.1, 0.15) is 5.82 Å². The van der Waals surface area contributed by atoms with Crippen LogP contribution in [0.15, 0.2) is 53.4 Å². The number of nitrogens with one attached hydrogen (secondary N) is 2. The van der Waals surface area contributed by atoms with Crippen LogP contribution in [0, 0.1) is 12.7 Å². The number of aliphatic hydroxyl groups excluding tert-OH is 1. The fourth-order valence-electron chi connectivity index (χ4n) is 3.52. The van der Waals surface area contributed by atoms with E-state index in [0.717, 1.165) is 5.56 Å². The van der Waals surface area contributed by atoms with Crippen LogP contribution in [-0.2, 0) is 26.1 Å². The number of halogens is 1. The summed E-state index contributed by atoms with van der Waals surface area (Å²) < 4.78 is 47.3. The van der Waals surface area contributed by atoms with Gasteiger partial charge in [0.25, 0.3) is 0 Å². The van der Waals surface area contributed by atoms with Crippen molar-refractivity contribution in [2.75, 3.05) is 6.61 Å². The maximum atomic E-state index is 13.7. The van der Waals surface area contributed by atoms with Crippen LogP contribution in [-0.4, -0.2) is 44.3 Å². The van der Waals surface area contributed by atoms with E-state index in [9.17, 15) is 22.7 Å². The summed E-state index contributed by atoms with van der Waals surface area (Å²) >= 11 is 0. The van der Waals surface area contributed by atoms with Gasteiger partial charge < -0.3 is 15.2 Å². The number of benzene rings is 2. The summed E-state index contributed by atoms with van der Waals surface area (Å²) in [6.45, 7) is 1.56. The molecule has 0 saturated carbocycles. The quantitative estimate of drug-likeness (QED) is 0.571. The first-order valence-electron chi connectivity index (χ1n) is 10.1. The Hall–Kier alpha value is -2.33. The molecule has 0 aromatic heterocycles. The minimum absolute atomic E-state index is 0.0440. The van der Waals surface area contributed by atoms with Crippen molar-refractivity contribution in [1.29, 1.82) is 0 Å². The highest BCUT2D eigenvalue weighted by Gasteiger charge is 2.34. The summed E-state index contributed by atoms with van der Waals surface area (Å²) in [7, 11) is -3.76. The average Bonchev–Trinajstić information content (AvgIpc) is 2.74. The Morgan fingerprint density at radius 1 is 1.16 bits per heavy atom. The standard InChI is InChI=1S/C22H27FN2O5S/c1-15-6-9-18(10-7-15)31(28,29)25-20-11-8-17(30-21(20)14-26)12-22(27)24-13-16-4-2-3-5-19(16)23/h2-7,9-10,17,20-21,25-26H,8,11-14H2,1H3,(H,24,27)/t17-,20+,21+/m0/s1. The Labute approximate surface area is 181 Å². The second-order valence-electron chi connectivity index (χ2n) is 7.67. The first-order valence-corrected chi connectivity index (χ1v) is 11.6. The largest absolute Gasteiger partial charge is 0.394 e. The SMILES string of the molecule is Cc1ccc(S(=O)(=O)N[C@@H]2CC[C@@H](CC(=O)NCc3ccccc3F)O[C@@H]2CO)cc1. The third kappa shape index (κ3) is 6.33. The molecule has 1 amide bonds. The highest BCUT2D eigenvalue weighted by Crippen LogP contribution is 2.24. The van der Waals surface area contributed by atoms with Gasteiger partial charge in [-0.25, -0.2) is 17.5 Å². The van der Waals surface area contributed by atoms with Crippen LogP contribution in [0.5, 0.6) is 0 Å². The number of hydrogen-bond donors (Lipinski definition) is 3. The third-order valence-electron chi connectivity index (χ3n) is 5.28. The molecule has 2 aromatic rings. The molecule has 3 atom stereocenters. The lowest BCUT2D eigenvalue weighted by molar-refractivity contribution is -0.130. The van der Waals surface area contributed by atoms with E-state index in [1.807, 2.05) is 6.92 Å². The summed E-state index contributed by atoms with van der Waals surface area (Å²) in [4.78, 5) is 12.4. The molecule has 0 aliphatic carbocycles. The van der Waals surface area contributed by atoms with Crippen LogP contribution >= 0.6 is 0 Å². The maximum absolute atomic E-state index is 13.7. The lowest BCUT2D eigenvalue weighted by Gasteiger charge is -2.35. The van der Waals surface area contributed by atoms with Crippen LogP contribution in [0.4, 0.5) is 4.39 Å². The van der Waals surface area contributed by atoms with Gasteiger partial charge in [-0.3, -0.25) is 4.79 Å². The van der Waals surface area contributed by atoms with E-state index in [1.165, 1.54) is 18.2 Å². The number of carbonyl (C=O) groups excluding carboxylic acids is 1. The summed E-state index contributed by atoms with van der Waals surface area (Å²) in [5.74, 6) is -0.690. The number of amides is 1. The molecule has 0 radical (unpaired) electrons. The molecule has 1 aliphatic heterocycles. The predicted molar refractivity (Wildman–Crippen MR) is 113 cm³/mol. The van der Waals surface area contributed by atoms with Gasteiger partial charge in [-0.05, 0) is 38.0 Å². The molecule has 1 aliphatic rings. The molecular formula is C22H27FN2O5S. The minimum Gasteiger partial charge on any atom is -0.394 e. The second-order valence-corrected chi connectivity index (χ2v) is 9.38. The van der Waals surface area contributed by atoms with Gasteiger partial charge in [0.15, 0.2) is 0 Å². The van der Waals surface area contributed by atoms with Crippen LogP contribution in [0.25, 0.3) is 0 Å². The van der Waals surface area contributed by atoms with E-state index < -0.39 is 28.3 Å². The monoisotopic (exact) mass is 450 g/mol. The van der Waals surface area contributed by atoms with E-state index in [0.29, 0.717) is 18.4 Å². The number of sulfonamides is 1. The van der Waals surface area contributed by atoms with Gasteiger partial charge >= 0.3 is 0 Å². The van der Waals surface area contributed by atoms with E-state index in [2.05, 4.69) is 10.0 Å². The number of aryl methyl sites for hydroxylation is 1. The average molecular weight is 451 g/mol. The summed E-state index contributed by atoms with van der Waals surface area (Å²) in [5, 5.41) is 12.4. The fraction of sp³-hybridized carbons (Fsp3) is 0.409. The number of hydrogen-bond acceptors (Lipinski definition) is 5. The molecule has 3 N–H and O–H groups in total. The molecule has 1 fully saturated rings. The zero-order valence-corrected chi connectivity index (χ0v) is 18.1. The fourth-order valence-corrected chi connectivity index (χ4v) is 4.81. The van der Waals surface area contributed by atoms with Gasteiger partial charge in [0.05, 0.1) is 36.2 Å².